The van der Waals surface area contributed by atoms with E-state index in [1.54, 1.807) is 0 Å². The Morgan fingerprint density at radius 3 is 2.29 bits per heavy atom. The van der Waals surface area contributed by atoms with Gasteiger partial charge in [-0.05, 0) is 60.6 Å². The molecule has 0 N–H and O–H groups in total. The Morgan fingerprint density at radius 1 is 1.07 bits per heavy atom. The normalized spacial score (nSPS) is 16.7. The Kier molecular flexibility index (Phi) is 5.21. The van der Waals surface area contributed by atoms with Gasteiger partial charge in [-0.3, -0.25) is 9.59 Å². The summed E-state index contributed by atoms with van der Waals surface area (Å²) in [5, 5.41) is 0. The van der Waals surface area contributed by atoms with E-state index in [1.165, 1.54) is 11.1 Å². The number of carbonyl (C=O) groups is 2. The minimum absolute atomic E-state index is 0.0785. The first-order valence-corrected chi connectivity index (χ1v) is 10.3. The van der Waals surface area contributed by atoms with Crippen molar-refractivity contribution in [3.05, 3.63) is 65.2 Å². The number of hydrogen-bond donors (Lipinski definition) is 0. The van der Waals surface area contributed by atoms with Gasteiger partial charge in [0.2, 0.25) is 5.91 Å². The van der Waals surface area contributed by atoms with Crippen molar-refractivity contribution in [2.24, 2.45) is 0 Å². The minimum Gasteiger partial charge on any atom is -0.331 e. The van der Waals surface area contributed by atoms with E-state index in [-0.39, 0.29) is 11.8 Å². The molecule has 0 unspecified atom stereocenters. The Labute approximate surface area is 167 Å². The molecule has 2 amide bonds. The first kappa shape index (κ1) is 18.7. The van der Waals surface area contributed by atoms with Crippen molar-refractivity contribution >= 4 is 17.5 Å². The van der Waals surface area contributed by atoms with E-state index >= 15 is 0 Å². The molecular formula is C24H28N2O2. The second-order valence-electron chi connectivity index (χ2n) is 8.26. The van der Waals surface area contributed by atoms with Gasteiger partial charge in [-0.1, -0.05) is 38.1 Å². The zero-order valence-corrected chi connectivity index (χ0v) is 16.7. The number of benzene rings is 2. The van der Waals surface area contributed by atoms with Crippen molar-refractivity contribution in [2.75, 3.05) is 11.4 Å². The summed E-state index contributed by atoms with van der Waals surface area (Å²) in [5.74, 6) is 0.759. The molecule has 0 atom stereocenters. The average molecular weight is 377 g/mol. The fourth-order valence-electron chi connectivity index (χ4n) is 3.83. The molecule has 0 bridgehead atoms. The third kappa shape index (κ3) is 3.96. The summed E-state index contributed by atoms with van der Waals surface area (Å²) >= 11 is 0. The minimum atomic E-state index is 0.0785. The van der Waals surface area contributed by atoms with Gasteiger partial charge >= 0.3 is 0 Å². The van der Waals surface area contributed by atoms with Crippen molar-refractivity contribution in [3.8, 4) is 0 Å². The van der Waals surface area contributed by atoms with E-state index in [4.69, 9.17) is 0 Å². The highest BCUT2D eigenvalue weighted by atomic mass is 16.2. The third-order valence-electron chi connectivity index (χ3n) is 5.75. The van der Waals surface area contributed by atoms with Gasteiger partial charge in [-0.25, -0.2) is 0 Å². The summed E-state index contributed by atoms with van der Waals surface area (Å²) < 4.78 is 0. The van der Waals surface area contributed by atoms with Gasteiger partial charge in [0.05, 0.1) is 0 Å². The highest BCUT2D eigenvalue weighted by Gasteiger charge is 2.33. The smallest absolute Gasteiger partial charge is 0.254 e. The maximum Gasteiger partial charge on any atom is 0.254 e. The lowest BCUT2D eigenvalue weighted by Crippen LogP contribution is -2.32. The fraction of sp³-hybridized carbons (Fsp3) is 0.417. The lowest BCUT2D eigenvalue weighted by molar-refractivity contribution is -0.117. The van der Waals surface area contributed by atoms with E-state index in [9.17, 15) is 9.59 Å². The first-order valence-electron chi connectivity index (χ1n) is 10.3. The maximum atomic E-state index is 13.1. The molecule has 2 aromatic rings. The predicted molar refractivity (Wildman–Crippen MR) is 111 cm³/mol. The van der Waals surface area contributed by atoms with Crippen LogP contribution in [0.5, 0.6) is 0 Å². The Balaban J connectivity index is 1.48. The molecule has 0 radical (unpaired) electrons. The number of nitrogens with zero attached hydrogens (tertiary/aromatic N) is 2. The summed E-state index contributed by atoms with van der Waals surface area (Å²) in [5.41, 5.74) is 4.08. The van der Waals surface area contributed by atoms with E-state index in [0.717, 1.165) is 31.5 Å². The van der Waals surface area contributed by atoms with Crippen molar-refractivity contribution in [1.82, 2.24) is 4.90 Å². The van der Waals surface area contributed by atoms with Crippen molar-refractivity contribution < 1.29 is 9.59 Å². The molecule has 1 heterocycles. The van der Waals surface area contributed by atoms with Gasteiger partial charge in [0, 0.05) is 36.8 Å². The van der Waals surface area contributed by atoms with Crippen LogP contribution in [0.25, 0.3) is 0 Å². The molecule has 4 rings (SSSR count). The van der Waals surface area contributed by atoms with Gasteiger partial charge in [0.1, 0.15) is 0 Å². The molecule has 1 aliphatic carbocycles. The number of carbonyl (C=O) groups excluding carboxylic acids is 2. The quantitative estimate of drug-likeness (QED) is 0.730. The second-order valence-corrected chi connectivity index (χ2v) is 8.26. The fourth-order valence-corrected chi connectivity index (χ4v) is 3.83. The van der Waals surface area contributed by atoms with Crippen LogP contribution >= 0.6 is 0 Å². The van der Waals surface area contributed by atoms with Crippen molar-refractivity contribution in [1.29, 1.82) is 0 Å². The second kappa shape index (κ2) is 7.78. The molecular weight excluding hydrogens is 348 g/mol. The molecule has 146 valence electrons. The van der Waals surface area contributed by atoms with Gasteiger partial charge < -0.3 is 9.80 Å². The van der Waals surface area contributed by atoms with Gasteiger partial charge in [0.15, 0.2) is 0 Å². The summed E-state index contributed by atoms with van der Waals surface area (Å²) in [6, 6.07) is 16.5. The van der Waals surface area contributed by atoms with E-state index in [1.807, 2.05) is 34.1 Å². The Hall–Kier alpha value is -2.62. The number of hydrogen-bond acceptors (Lipinski definition) is 2. The maximum absolute atomic E-state index is 13.1. The number of anilines is 1. The van der Waals surface area contributed by atoms with E-state index < -0.39 is 0 Å². The molecule has 1 aliphatic heterocycles. The van der Waals surface area contributed by atoms with Gasteiger partial charge in [-0.2, -0.15) is 0 Å². The molecule has 0 aromatic heterocycles. The highest BCUT2D eigenvalue weighted by molar-refractivity contribution is 5.97. The third-order valence-corrected chi connectivity index (χ3v) is 5.75. The van der Waals surface area contributed by atoms with Crippen LogP contribution in [-0.2, 0) is 11.3 Å². The molecule has 1 saturated carbocycles. The largest absolute Gasteiger partial charge is 0.331 e. The molecule has 2 aliphatic rings. The highest BCUT2D eigenvalue weighted by Crippen LogP contribution is 2.31. The summed E-state index contributed by atoms with van der Waals surface area (Å²) in [6.45, 7) is 5.80. The standard InChI is InChI=1S/C24H28N2O2/c1-17(2)19-7-5-18(6-8-19)16-26(22-13-14-22)24(28)20-9-11-21(12-10-20)25-15-3-4-23(25)27/h5-12,17,22H,3-4,13-16H2,1-2H3. The van der Waals surface area contributed by atoms with Crippen molar-refractivity contribution in [3.63, 3.8) is 0 Å². The lowest BCUT2D eigenvalue weighted by atomic mass is 10.0. The zero-order valence-electron chi connectivity index (χ0n) is 16.7. The molecule has 28 heavy (non-hydrogen) atoms. The van der Waals surface area contributed by atoms with Crippen molar-refractivity contribution in [2.45, 2.75) is 58.0 Å². The van der Waals surface area contributed by atoms with Crippen LogP contribution in [0.1, 0.15) is 66.9 Å². The van der Waals surface area contributed by atoms with Gasteiger partial charge in [0.25, 0.3) is 5.91 Å². The van der Waals surface area contributed by atoms with Crippen LogP contribution in [-0.4, -0.2) is 29.3 Å². The Morgan fingerprint density at radius 2 is 1.75 bits per heavy atom. The summed E-state index contributed by atoms with van der Waals surface area (Å²) in [6.07, 6.45) is 3.68. The molecule has 4 heteroatoms. The first-order chi connectivity index (χ1) is 13.5. The average Bonchev–Trinajstić information content (AvgIpc) is 3.46. The molecule has 4 nitrogen and oxygen atoms in total. The molecule has 2 aromatic carbocycles. The van der Waals surface area contributed by atoms with E-state index in [2.05, 4.69) is 38.1 Å². The summed E-state index contributed by atoms with van der Waals surface area (Å²) in [7, 11) is 0. The molecule has 2 fully saturated rings. The van der Waals surface area contributed by atoms with Crippen LogP contribution in [0.4, 0.5) is 5.69 Å². The van der Waals surface area contributed by atoms with E-state index in [0.29, 0.717) is 30.5 Å². The lowest BCUT2D eigenvalue weighted by Gasteiger charge is -2.23. The predicted octanol–water partition coefficient (Wildman–Crippen LogP) is 4.74. The number of amides is 2. The van der Waals surface area contributed by atoms with Gasteiger partial charge in [-0.15, -0.1) is 0 Å². The SMILES string of the molecule is CC(C)c1ccc(CN(C(=O)c2ccc(N3CCCC3=O)cc2)C2CC2)cc1. The van der Waals surface area contributed by atoms with Crippen LogP contribution in [0.15, 0.2) is 48.5 Å². The Bertz CT molecular complexity index is 851. The zero-order chi connectivity index (χ0) is 19.7. The monoisotopic (exact) mass is 376 g/mol. The van der Waals surface area contributed by atoms with Crippen LogP contribution < -0.4 is 4.90 Å². The molecule has 1 saturated heterocycles. The molecule has 0 spiro atoms. The van der Waals surface area contributed by atoms with Crippen LogP contribution in [0.2, 0.25) is 0 Å². The number of rotatable bonds is 6. The summed E-state index contributed by atoms with van der Waals surface area (Å²) in [4.78, 5) is 28.9. The topological polar surface area (TPSA) is 40.6 Å². The van der Waals surface area contributed by atoms with Crippen LogP contribution in [0.3, 0.4) is 0 Å². The van der Waals surface area contributed by atoms with Crippen LogP contribution in [0, 0.1) is 0 Å².